The van der Waals surface area contributed by atoms with E-state index in [9.17, 15) is 14.9 Å². The minimum atomic E-state index is -0.622. The SMILES string of the molecule is CN(C)C(=O)c1ccc(-c2ccc(NC(=O)NC3(c4ccnc(C#N)n4)CCCCC3)cc2)cc1. The van der Waals surface area contributed by atoms with E-state index in [1.807, 2.05) is 54.6 Å². The van der Waals surface area contributed by atoms with Crippen molar-refractivity contribution in [1.82, 2.24) is 20.2 Å². The quantitative estimate of drug-likeness (QED) is 0.564. The Morgan fingerprint density at radius 1 is 0.943 bits per heavy atom. The number of hydrogen-bond donors (Lipinski definition) is 2. The van der Waals surface area contributed by atoms with E-state index in [-0.39, 0.29) is 17.8 Å². The van der Waals surface area contributed by atoms with Crippen LogP contribution in [0.3, 0.4) is 0 Å². The summed E-state index contributed by atoms with van der Waals surface area (Å²) in [7, 11) is 3.46. The van der Waals surface area contributed by atoms with E-state index in [0.717, 1.165) is 43.2 Å². The Hall–Kier alpha value is -4.25. The van der Waals surface area contributed by atoms with Crippen LogP contribution in [0.2, 0.25) is 0 Å². The standard InChI is InChI=1S/C27H28N6O2/c1-33(2)25(34)21-8-6-19(7-9-21)20-10-12-22(13-11-20)30-26(35)32-27(15-4-3-5-16-27)23-14-17-29-24(18-28)31-23/h6-14,17H,3-5,15-16H2,1-2H3,(H2,30,32,35). The van der Waals surface area contributed by atoms with Crippen molar-refractivity contribution in [2.75, 3.05) is 19.4 Å². The molecule has 0 atom stereocenters. The first-order chi connectivity index (χ1) is 16.9. The van der Waals surface area contributed by atoms with Gasteiger partial charge in [0.05, 0.1) is 11.2 Å². The summed E-state index contributed by atoms with van der Waals surface area (Å²) in [4.78, 5) is 34.9. The van der Waals surface area contributed by atoms with Gasteiger partial charge in [-0.05, 0) is 54.3 Å². The number of nitrogens with one attached hydrogen (secondary N) is 2. The summed E-state index contributed by atoms with van der Waals surface area (Å²) >= 11 is 0. The number of benzene rings is 2. The van der Waals surface area contributed by atoms with Crippen molar-refractivity contribution in [3.63, 3.8) is 0 Å². The molecule has 0 saturated heterocycles. The van der Waals surface area contributed by atoms with Crippen LogP contribution in [0.5, 0.6) is 0 Å². The average molecular weight is 469 g/mol. The van der Waals surface area contributed by atoms with Gasteiger partial charge in [0.1, 0.15) is 6.07 Å². The Kier molecular flexibility index (Phi) is 7.06. The lowest BCUT2D eigenvalue weighted by Crippen LogP contribution is -2.49. The minimum Gasteiger partial charge on any atom is -0.345 e. The molecule has 35 heavy (non-hydrogen) atoms. The zero-order valence-corrected chi connectivity index (χ0v) is 19.9. The summed E-state index contributed by atoms with van der Waals surface area (Å²) in [5.41, 5.74) is 3.31. The highest BCUT2D eigenvalue weighted by molar-refractivity contribution is 5.94. The Balaban J connectivity index is 1.45. The number of hydrogen-bond acceptors (Lipinski definition) is 5. The van der Waals surface area contributed by atoms with E-state index in [1.54, 1.807) is 31.3 Å². The summed E-state index contributed by atoms with van der Waals surface area (Å²) in [6, 6.07) is 18.4. The number of nitrogens with zero attached hydrogens (tertiary/aromatic N) is 4. The highest BCUT2D eigenvalue weighted by atomic mass is 16.2. The summed E-state index contributed by atoms with van der Waals surface area (Å²) in [5.74, 6) is 0.0630. The summed E-state index contributed by atoms with van der Waals surface area (Å²) < 4.78 is 0. The highest BCUT2D eigenvalue weighted by Crippen LogP contribution is 2.36. The fraction of sp³-hybridized carbons (Fsp3) is 0.296. The number of carbonyl (C=O) groups excluding carboxylic acids is 2. The molecule has 8 heteroatoms. The molecular formula is C27H28N6O2. The van der Waals surface area contributed by atoms with Crippen LogP contribution in [0.25, 0.3) is 11.1 Å². The smallest absolute Gasteiger partial charge is 0.319 e. The van der Waals surface area contributed by atoms with E-state index in [4.69, 9.17) is 0 Å². The van der Waals surface area contributed by atoms with Gasteiger partial charge in [0.25, 0.3) is 5.91 Å². The van der Waals surface area contributed by atoms with Gasteiger partial charge in [-0.3, -0.25) is 4.79 Å². The molecule has 178 valence electrons. The molecule has 0 spiro atoms. The number of rotatable bonds is 5. The molecule has 0 unspecified atom stereocenters. The van der Waals surface area contributed by atoms with Gasteiger partial charge in [0.2, 0.25) is 5.82 Å². The van der Waals surface area contributed by atoms with E-state index in [2.05, 4.69) is 20.6 Å². The van der Waals surface area contributed by atoms with Crippen molar-refractivity contribution in [3.8, 4) is 17.2 Å². The van der Waals surface area contributed by atoms with Crippen molar-refractivity contribution >= 4 is 17.6 Å². The van der Waals surface area contributed by atoms with Crippen LogP contribution in [0.1, 0.15) is 54.0 Å². The van der Waals surface area contributed by atoms with E-state index >= 15 is 0 Å². The van der Waals surface area contributed by atoms with Crippen LogP contribution in [-0.2, 0) is 5.54 Å². The molecule has 1 fully saturated rings. The van der Waals surface area contributed by atoms with E-state index < -0.39 is 5.54 Å². The molecule has 1 heterocycles. The third kappa shape index (κ3) is 5.46. The Labute approximate surface area is 205 Å². The predicted octanol–water partition coefficient (Wildman–Crippen LogP) is 4.70. The maximum Gasteiger partial charge on any atom is 0.319 e. The molecule has 0 radical (unpaired) electrons. The third-order valence-corrected chi connectivity index (χ3v) is 6.32. The first-order valence-electron chi connectivity index (χ1n) is 11.7. The zero-order chi connectivity index (χ0) is 24.8. The lowest BCUT2D eigenvalue weighted by Gasteiger charge is -2.37. The van der Waals surface area contributed by atoms with Gasteiger partial charge in [-0.15, -0.1) is 0 Å². The topological polar surface area (TPSA) is 111 Å². The second kappa shape index (κ2) is 10.3. The summed E-state index contributed by atoms with van der Waals surface area (Å²) in [6.45, 7) is 0. The number of urea groups is 1. The molecule has 1 aliphatic rings. The number of carbonyl (C=O) groups is 2. The zero-order valence-electron chi connectivity index (χ0n) is 19.9. The van der Waals surface area contributed by atoms with E-state index in [1.165, 1.54) is 0 Å². The van der Waals surface area contributed by atoms with Gasteiger partial charge in [-0.25, -0.2) is 14.8 Å². The molecule has 3 amide bonds. The maximum atomic E-state index is 13.0. The van der Waals surface area contributed by atoms with Gasteiger partial charge in [-0.1, -0.05) is 43.5 Å². The molecular weight excluding hydrogens is 440 g/mol. The van der Waals surface area contributed by atoms with E-state index in [0.29, 0.717) is 16.9 Å². The van der Waals surface area contributed by atoms with Gasteiger partial charge in [0.15, 0.2) is 0 Å². The largest absolute Gasteiger partial charge is 0.345 e. The highest BCUT2D eigenvalue weighted by Gasteiger charge is 2.37. The first-order valence-corrected chi connectivity index (χ1v) is 11.7. The second-order valence-corrected chi connectivity index (χ2v) is 8.95. The monoisotopic (exact) mass is 468 g/mol. The molecule has 3 aromatic rings. The van der Waals surface area contributed by atoms with Crippen LogP contribution in [0.4, 0.5) is 10.5 Å². The second-order valence-electron chi connectivity index (χ2n) is 8.95. The Morgan fingerprint density at radius 3 is 2.17 bits per heavy atom. The molecule has 1 aliphatic carbocycles. The fourth-order valence-electron chi connectivity index (χ4n) is 4.47. The third-order valence-electron chi connectivity index (χ3n) is 6.32. The Bertz CT molecular complexity index is 1240. The maximum absolute atomic E-state index is 13.0. The van der Waals surface area contributed by atoms with Crippen LogP contribution in [-0.4, -0.2) is 40.9 Å². The lowest BCUT2D eigenvalue weighted by molar-refractivity contribution is 0.0827. The predicted molar refractivity (Wildman–Crippen MR) is 134 cm³/mol. The first kappa shape index (κ1) is 23.9. The summed E-state index contributed by atoms with van der Waals surface area (Å²) in [5, 5.41) is 15.2. The summed E-state index contributed by atoms with van der Waals surface area (Å²) in [6.07, 6.45) is 6.13. The average Bonchev–Trinajstić information content (AvgIpc) is 2.89. The molecule has 1 saturated carbocycles. The number of aromatic nitrogens is 2. The normalized spacial score (nSPS) is 14.4. The van der Waals surface area contributed by atoms with Crippen molar-refractivity contribution in [3.05, 3.63) is 77.9 Å². The van der Waals surface area contributed by atoms with Gasteiger partial charge in [-0.2, -0.15) is 5.26 Å². The molecule has 0 bridgehead atoms. The van der Waals surface area contributed by atoms with Crippen LogP contribution >= 0.6 is 0 Å². The minimum absolute atomic E-state index is 0.0383. The molecule has 2 N–H and O–H groups in total. The van der Waals surface area contributed by atoms with Gasteiger partial charge in [0, 0.05) is 31.5 Å². The molecule has 8 nitrogen and oxygen atoms in total. The van der Waals surface area contributed by atoms with Crippen LogP contribution in [0.15, 0.2) is 60.8 Å². The van der Waals surface area contributed by atoms with Crippen LogP contribution < -0.4 is 10.6 Å². The van der Waals surface area contributed by atoms with Crippen molar-refractivity contribution in [2.45, 2.75) is 37.6 Å². The van der Waals surface area contributed by atoms with Crippen LogP contribution in [0, 0.1) is 11.3 Å². The molecule has 2 aromatic carbocycles. The fourth-order valence-corrected chi connectivity index (χ4v) is 4.47. The van der Waals surface area contributed by atoms with Crippen molar-refractivity contribution in [1.29, 1.82) is 5.26 Å². The number of nitriles is 1. The lowest BCUT2D eigenvalue weighted by atomic mass is 9.79. The van der Waals surface area contributed by atoms with Crippen molar-refractivity contribution < 1.29 is 9.59 Å². The molecule has 4 rings (SSSR count). The van der Waals surface area contributed by atoms with Crippen molar-refractivity contribution in [2.24, 2.45) is 0 Å². The van der Waals surface area contributed by atoms with Gasteiger partial charge >= 0.3 is 6.03 Å². The number of amides is 3. The molecule has 1 aromatic heterocycles. The molecule has 0 aliphatic heterocycles. The Morgan fingerprint density at radius 2 is 1.57 bits per heavy atom. The number of anilines is 1. The van der Waals surface area contributed by atoms with Gasteiger partial charge < -0.3 is 15.5 Å².